The van der Waals surface area contributed by atoms with E-state index in [0.29, 0.717) is 11.3 Å². The van der Waals surface area contributed by atoms with Crippen LogP contribution < -0.4 is 11.1 Å². The van der Waals surface area contributed by atoms with E-state index in [1.165, 1.54) is 6.42 Å². The first kappa shape index (κ1) is 15.4. The van der Waals surface area contributed by atoms with E-state index in [9.17, 15) is 9.59 Å². The van der Waals surface area contributed by atoms with E-state index < -0.39 is 12.1 Å². The summed E-state index contributed by atoms with van der Waals surface area (Å²) < 4.78 is 5.19. The maximum absolute atomic E-state index is 12.0. The molecule has 2 rings (SSSR count). The van der Waals surface area contributed by atoms with Gasteiger partial charge in [-0.3, -0.25) is 4.79 Å². The highest BCUT2D eigenvalue weighted by molar-refractivity contribution is 5.92. The van der Waals surface area contributed by atoms with Crippen LogP contribution >= 0.6 is 0 Å². The van der Waals surface area contributed by atoms with Crippen molar-refractivity contribution in [3.63, 3.8) is 0 Å². The van der Waals surface area contributed by atoms with E-state index in [4.69, 9.17) is 10.5 Å². The largest absolute Gasteiger partial charge is 0.449 e. The summed E-state index contributed by atoms with van der Waals surface area (Å²) in [6.07, 6.45) is 4.73. The maximum Gasteiger partial charge on any atom is 0.338 e. The molecular formula is C16H22N2O3. The van der Waals surface area contributed by atoms with Crippen molar-refractivity contribution in [1.29, 1.82) is 0 Å². The van der Waals surface area contributed by atoms with Gasteiger partial charge in [-0.2, -0.15) is 0 Å². The standard InChI is InChI=1S/C16H22N2O3/c1-11(15(19)18-14-5-3-2-4-6-14)21-16(20)12-7-9-13(17)10-8-12/h7-11,14H,2-6,17H2,1H3,(H,18,19). The van der Waals surface area contributed by atoms with Gasteiger partial charge in [0, 0.05) is 11.7 Å². The number of nitrogen functional groups attached to an aromatic ring is 1. The van der Waals surface area contributed by atoms with Crippen molar-refractivity contribution in [2.75, 3.05) is 5.73 Å². The highest BCUT2D eigenvalue weighted by Crippen LogP contribution is 2.17. The summed E-state index contributed by atoms with van der Waals surface area (Å²) >= 11 is 0. The lowest BCUT2D eigenvalue weighted by Gasteiger charge is -2.24. The normalized spacial score (nSPS) is 17.0. The Morgan fingerprint density at radius 2 is 1.81 bits per heavy atom. The average molecular weight is 290 g/mol. The Balaban J connectivity index is 1.84. The Morgan fingerprint density at radius 3 is 2.43 bits per heavy atom. The van der Waals surface area contributed by atoms with Gasteiger partial charge in [0.05, 0.1) is 5.56 Å². The molecule has 0 aromatic heterocycles. The third-order valence-electron chi connectivity index (χ3n) is 3.75. The number of hydrogen-bond donors (Lipinski definition) is 2. The second-order valence-electron chi connectivity index (χ2n) is 5.51. The van der Waals surface area contributed by atoms with Crippen LogP contribution in [0.4, 0.5) is 5.69 Å². The fourth-order valence-electron chi connectivity index (χ4n) is 2.47. The first-order valence-corrected chi connectivity index (χ1v) is 7.43. The van der Waals surface area contributed by atoms with Gasteiger partial charge >= 0.3 is 5.97 Å². The molecule has 0 saturated heterocycles. The summed E-state index contributed by atoms with van der Waals surface area (Å²) in [5.41, 5.74) is 6.53. The quantitative estimate of drug-likeness (QED) is 0.658. The number of nitrogens with one attached hydrogen (secondary N) is 1. The zero-order chi connectivity index (χ0) is 15.2. The molecule has 3 N–H and O–H groups in total. The summed E-state index contributed by atoms with van der Waals surface area (Å²) in [7, 11) is 0. The van der Waals surface area contributed by atoms with Gasteiger partial charge in [0.2, 0.25) is 0 Å². The summed E-state index contributed by atoms with van der Waals surface area (Å²) in [5, 5.41) is 2.95. The summed E-state index contributed by atoms with van der Waals surface area (Å²) in [4.78, 5) is 23.9. The number of rotatable bonds is 4. The van der Waals surface area contributed by atoms with Crippen LogP contribution in [0.5, 0.6) is 0 Å². The minimum Gasteiger partial charge on any atom is -0.449 e. The number of benzene rings is 1. The third-order valence-corrected chi connectivity index (χ3v) is 3.75. The van der Waals surface area contributed by atoms with Crippen LogP contribution in [-0.2, 0) is 9.53 Å². The number of anilines is 1. The maximum atomic E-state index is 12.0. The Morgan fingerprint density at radius 1 is 1.19 bits per heavy atom. The molecule has 5 heteroatoms. The van der Waals surface area contributed by atoms with Gasteiger partial charge in [0.25, 0.3) is 5.91 Å². The van der Waals surface area contributed by atoms with Crippen LogP contribution in [0.25, 0.3) is 0 Å². The van der Waals surface area contributed by atoms with E-state index in [0.717, 1.165) is 25.7 Å². The summed E-state index contributed by atoms with van der Waals surface area (Å²) in [6, 6.07) is 6.64. The molecule has 1 aliphatic rings. The molecule has 21 heavy (non-hydrogen) atoms. The van der Waals surface area contributed by atoms with Crippen LogP contribution in [0.1, 0.15) is 49.4 Å². The van der Waals surface area contributed by atoms with E-state index in [2.05, 4.69) is 5.32 Å². The fraction of sp³-hybridized carbons (Fsp3) is 0.500. The van der Waals surface area contributed by atoms with Gasteiger partial charge in [-0.15, -0.1) is 0 Å². The number of nitrogens with two attached hydrogens (primary N) is 1. The van der Waals surface area contributed by atoms with E-state index in [1.807, 2.05) is 0 Å². The molecule has 0 bridgehead atoms. The Bertz CT molecular complexity index is 493. The Labute approximate surface area is 124 Å². The lowest BCUT2D eigenvalue weighted by molar-refractivity contribution is -0.130. The molecule has 1 fully saturated rings. The molecule has 1 aromatic carbocycles. The van der Waals surface area contributed by atoms with Gasteiger partial charge in [-0.25, -0.2) is 4.79 Å². The van der Waals surface area contributed by atoms with Crippen molar-refractivity contribution in [1.82, 2.24) is 5.32 Å². The molecule has 1 atom stereocenters. The molecule has 0 radical (unpaired) electrons. The summed E-state index contributed by atoms with van der Waals surface area (Å²) in [6.45, 7) is 1.59. The summed E-state index contributed by atoms with van der Waals surface area (Å²) in [5.74, 6) is -0.744. The zero-order valence-electron chi connectivity index (χ0n) is 12.3. The van der Waals surface area contributed by atoms with Gasteiger partial charge < -0.3 is 15.8 Å². The first-order valence-electron chi connectivity index (χ1n) is 7.43. The molecule has 1 aromatic rings. The second kappa shape index (κ2) is 7.11. The highest BCUT2D eigenvalue weighted by Gasteiger charge is 2.22. The minimum absolute atomic E-state index is 0.212. The SMILES string of the molecule is CC(OC(=O)c1ccc(N)cc1)C(=O)NC1CCCCC1. The molecule has 1 saturated carbocycles. The zero-order valence-corrected chi connectivity index (χ0v) is 12.3. The van der Waals surface area contributed by atoms with Crippen LogP contribution in [-0.4, -0.2) is 24.0 Å². The topological polar surface area (TPSA) is 81.4 Å². The predicted molar refractivity (Wildman–Crippen MR) is 80.7 cm³/mol. The van der Waals surface area contributed by atoms with Gasteiger partial charge in [0.15, 0.2) is 6.10 Å². The number of ether oxygens (including phenoxy) is 1. The second-order valence-corrected chi connectivity index (χ2v) is 5.51. The molecular weight excluding hydrogens is 268 g/mol. The fourth-order valence-corrected chi connectivity index (χ4v) is 2.47. The molecule has 0 spiro atoms. The molecule has 1 unspecified atom stereocenters. The molecule has 0 aliphatic heterocycles. The van der Waals surface area contributed by atoms with E-state index in [1.54, 1.807) is 31.2 Å². The van der Waals surface area contributed by atoms with Crippen molar-refractivity contribution >= 4 is 17.6 Å². The van der Waals surface area contributed by atoms with Crippen molar-refractivity contribution in [3.8, 4) is 0 Å². The highest BCUT2D eigenvalue weighted by atomic mass is 16.5. The van der Waals surface area contributed by atoms with Crippen LogP contribution in [0, 0.1) is 0 Å². The number of hydrogen-bond acceptors (Lipinski definition) is 4. The number of amides is 1. The van der Waals surface area contributed by atoms with Crippen molar-refractivity contribution in [3.05, 3.63) is 29.8 Å². The van der Waals surface area contributed by atoms with Crippen molar-refractivity contribution in [2.45, 2.75) is 51.2 Å². The monoisotopic (exact) mass is 290 g/mol. The number of carbonyl (C=O) groups excluding carboxylic acids is 2. The van der Waals surface area contributed by atoms with Crippen molar-refractivity contribution < 1.29 is 14.3 Å². The van der Waals surface area contributed by atoms with E-state index in [-0.39, 0.29) is 11.9 Å². The number of esters is 1. The lowest BCUT2D eigenvalue weighted by atomic mass is 9.95. The first-order chi connectivity index (χ1) is 10.1. The van der Waals surface area contributed by atoms with Crippen LogP contribution in [0.3, 0.4) is 0 Å². The smallest absolute Gasteiger partial charge is 0.338 e. The van der Waals surface area contributed by atoms with Gasteiger partial charge in [-0.1, -0.05) is 19.3 Å². The van der Waals surface area contributed by atoms with Crippen molar-refractivity contribution in [2.24, 2.45) is 0 Å². The number of carbonyl (C=O) groups is 2. The van der Waals surface area contributed by atoms with Crippen LogP contribution in [0.15, 0.2) is 24.3 Å². The molecule has 0 heterocycles. The van der Waals surface area contributed by atoms with Gasteiger partial charge in [-0.05, 0) is 44.0 Å². The molecule has 1 amide bonds. The molecule has 1 aliphatic carbocycles. The third kappa shape index (κ3) is 4.48. The van der Waals surface area contributed by atoms with Crippen LogP contribution in [0.2, 0.25) is 0 Å². The minimum atomic E-state index is -0.794. The average Bonchev–Trinajstić information content (AvgIpc) is 2.48. The Kier molecular flexibility index (Phi) is 5.20. The molecule has 114 valence electrons. The molecule has 5 nitrogen and oxygen atoms in total. The Hall–Kier alpha value is -2.04. The predicted octanol–water partition coefficient (Wildman–Crippen LogP) is 2.26. The lowest BCUT2D eigenvalue weighted by Crippen LogP contribution is -2.42. The van der Waals surface area contributed by atoms with E-state index >= 15 is 0 Å². The van der Waals surface area contributed by atoms with Gasteiger partial charge in [0.1, 0.15) is 0 Å².